The molecule has 0 spiro atoms. The lowest BCUT2D eigenvalue weighted by molar-refractivity contribution is 0.0724. The van der Waals surface area contributed by atoms with Gasteiger partial charge in [-0.25, -0.2) is 4.98 Å². The van der Waals surface area contributed by atoms with Crippen LogP contribution in [0.3, 0.4) is 0 Å². The molecule has 5 nitrogen and oxygen atoms in total. The first-order valence-corrected chi connectivity index (χ1v) is 9.77. The van der Waals surface area contributed by atoms with E-state index in [9.17, 15) is 4.79 Å². The molecule has 1 aromatic rings. The fourth-order valence-electron chi connectivity index (χ4n) is 4.00. The quantitative estimate of drug-likeness (QED) is 0.822. The fraction of sp³-hybridized carbons (Fsp3) is 0.684. The monoisotopic (exact) mass is 364 g/mol. The number of anilines is 1. The van der Waals surface area contributed by atoms with Crippen LogP contribution >= 0.6 is 11.6 Å². The number of halogens is 1. The van der Waals surface area contributed by atoms with Crippen molar-refractivity contribution in [2.45, 2.75) is 32.1 Å². The summed E-state index contributed by atoms with van der Waals surface area (Å²) in [5, 5.41) is 0.564. The summed E-state index contributed by atoms with van der Waals surface area (Å²) in [7, 11) is 4.22. The van der Waals surface area contributed by atoms with Gasteiger partial charge in [-0.05, 0) is 57.7 Å². The topological polar surface area (TPSA) is 39.7 Å². The molecule has 1 amide bonds. The summed E-state index contributed by atoms with van der Waals surface area (Å²) in [5.74, 6) is 1.46. The predicted octanol–water partition coefficient (Wildman–Crippen LogP) is 3.14. The van der Waals surface area contributed by atoms with Crippen molar-refractivity contribution in [3.63, 3.8) is 0 Å². The SMILES string of the molecule is CN1CCCC(CN(C)c2ncc(C(=O)N3CCCCC3)cc2Cl)C1. The predicted molar refractivity (Wildman–Crippen MR) is 102 cm³/mol. The van der Waals surface area contributed by atoms with E-state index < -0.39 is 0 Å². The second-order valence-corrected chi connectivity index (χ2v) is 7.94. The molecule has 2 fully saturated rings. The summed E-state index contributed by atoms with van der Waals surface area (Å²) in [5.41, 5.74) is 0.599. The summed E-state index contributed by atoms with van der Waals surface area (Å²) < 4.78 is 0. The Morgan fingerprint density at radius 2 is 2.04 bits per heavy atom. The number of pyridine rings is 1. The van der Waals surface area contributed by atoms with Crippen molar-refractivity contribution in [2.75, 3.05) is 51.7 Å². The number of hydrogen-bond donors (Lipinski definition) is 0. The molecule has 1 atom stereocenters. The van der Waals surface area contributed by atoms with Crippen molar-refractivity contribution in [1.29, 1.82) is 0 Å². The van der Waals surface area contributed by atoms with Crippen molar-refractivity contribution in [3.8, 4) is 0 Å². The van der Waals surface area contributed by atoms with Gasteiger partial charge in [0.25, 0.3) is 5.91 Å². The maximum Gasteiger partial charge on any atom is 0.255 e. The van der Waals surface area contributed by atoms with Gasteiger partial charge in [-0.15, -0.1) is 0 Å². The van der Waals surface area contributed by atoms with Gasteiger partial charge >= 0.3 is 0 Å². The summed E-state index contributed by atoms with van der Waals surface area (Å²) in [4.78, 5) is 23.5. The number of carbonyl (C=O) groups excluding carboxylic acids is 1. The molecule has 2 aliphatic rings. The van der Waals surface area contributed by atoms with Gasteiger partial charge in [0, 0.05) is 39.4 Å². The zero-order chi connectivity index (χ0) is 17.8. The molecule has 1 unspecified atom stereocenters. The molecular weight excluding hydrogens is 336 g/mol. The van der Waals surface area contributed by atoms with Crippen LogP contribution in [0.15, 0.2) is 12.3 Å². The average Bonchev–Trinajstić information content (AvgIpc) is 2.61. The van der Waals surface area contributed by atoms with Crippen LogP contribution < -0.4 is 4.90 Å². The smallest absolute Gasteiger partial charge is 0.255 e. The number of carbonyl (C=O) groups is 1. The van der Waals surface area contributed by atoms with Gasteiger partial charge in [0.1, 0.15) is 5.82 Å². The lowest BCUT2D eigenvalue weighted by Crippen LogP contribution is -2.38. The standard InChI is InChI=1S/C19H29ClN4O/c1-22-8-6-7-15(13-22)14-23(2)18-17(20)11-16(12-21-18)19(25)24-9-4-3-5-10-24/h11-12,15H,3-10,13-14H2,1-2H3. The first-order valence-electron chi connectivity index (χ1n) is 9.39. The molecule has 1 aromatic heterocycles. The highest BCUT2D eigenvalue weighted by atomic mass is 35.5. The highest BCUT2D eigenvalue weighted by molar-refractivity contribution is 6.33. The zero-order valence-corrected chi connectivity index (χ0v) is 16.1. The fourth-order valence-corrected chi connectivity index (χ4v) is 4.31. The molecule has 2 saturated heterocycles. The molecule has 2 aliphatic heterocycles. The Morgan fingerprint density at radius 1 is 1.28 bits per heavy atom. The summed E-state index contributed by atoms with van der Waals surface area (Å²) >= 11 is 6.47. The number of hydrogen-bond acceptors (Lipinski definition) is 4. The van der Waals surface area contributed by atoms with Crippen LogP contribution in [0.2, 0.25) is 5.02 Å². The maximum absolute atomic E-state index is 12.6. The average molecular weight is 365 g/mol. The molecule has 25 heavy (non-hydrogen) atoms. The second-order valence-electron chi connectivity index (χ2n) is 7.53. The normalized spacial score (nSPS) is 22.0. The van der Waals surface area contributed by atoms with Gasteiger partial charge in [-0.3, -0.25) is 4.79 Å². The molecule has 3 rings (SSSR count). The van der Waals surface area contributed by atoms with Crippen LogP contribution in [-0.2, 0) is 0 Å². The van der Waals surface area contributed by atoms with E-state index >= 15 is 0 Å². The largest absolute Gasteiger partial charge is 0.358 e. The van der Waals surface area contributed by atoms with E-state index in [-0.39, 0.29) is 5.91 Å². The highest BCUT2D eigenvalue weighted by Crippen LogP contribution is 2.26. The van der Waals surface area contributed by atoms with E-state index in [1.165, 1.54) is 25.8 Å². The van der Waals surface area contributed by atoms with E-state index in [1.54, 1.807) is 12.3 Å². The molecule has 0 radical (unpaired) electrons. The van der Waals surface area contributed by atoms with Crippen molar-refractivity contribution in [1.82, 2.24) is 14.8 Å². The first kappa shape index (κ1) is 18.5. The lowest BCUT2D eigenvalue weighted by atomic mass is 9.98. The van der Waals surface area contributed by atoms with Crippen LogP contribution in [0.4, 0.5) is 5.82 Å². The van der Waals surface area contributed by atoms with Gasteiger partial charge in [-0.1, -0.05) is 11.6 Å². The Balaban J connectivity index is 1.65. The van der Waals surface area contributed by atoms with Gasteiger partial charge in [0.05, 0.1) is 10.6 Å². The zero-order valence-electron chi connectivity index (χ0n) is 15.4. The van der Waals surface area contributed by atoms with E-state index in [4.69, 9.17) is 11.6 Å². The Labute approximate surface area is 155 Å². The van der Waals surface area contributed by atoms with Crippen molar-refractivity contribution >= 4 is 23.3 Å². The van der Waals surface area contributed by atoms with Crippen LogP contribution in [0.5, 0.6) is 0 Å². The molecule has 0 aromatic carbocycles. The third-order valence-electron chi connectivity index (χ3n) is 5.33. The van der Waals surface area contributed by atoms with Crippen LogP contribution in [0.1, 0.15) is 42.5 Å². The summed E-state index contributed by atoms with van der Waals surface area (Å²) in [6, 6.07) is 1.78. The Kier molecular flexibility index (Phi) is 6.18. The first-order chi connectivity index (χ1) is 12.0. The van der Waals surface area contributed by atoms with Crippen LogP contribution in [-0.4, -0.2) is 67.5 Å². The van der Waals surface area contributed by atoms with Crippen LogP contribution in [0.25, 0.3) is 0 Å². The molecular formula is C19H29ClN4O. The minimum Gasteiger partial charge on any atom is -0.358 e. The molecule has 0 bridgehead atoms. The summed E-state index contributed by atoms with van der Waals surface area (Å²) in [6.07, 6.45) is 7.56. The molecule has 0 N–H and O–H groups in total. The molecule has 6 heteroatoms. The summed E-state index contributed by atoms with van der Waals surface area (Å²) in [6.45, 7) is 4.93. The van der Waals surface area contributed by atoms with Gasteiger partial charge < -0.3 is 14.7 Å². The minimum absolute atomic E-state index is 0.0530. The molecule has 3 heterocycles. The molecule has 138 valence electrons. The third kappa shape index (κ3) is 4.64. The number of rotatable bonds is 4. The Morgan fingerprint density at radius 3 is 2.72 bits per heavy atom. The number of nitrogens with zero attached hydrogens (tertiary/aromatic N) is 4. The second kappa shape index (κ2) is 8.37. The van der Waals surface area contributed by atoms with Crippen LogP contribution in [0, 0.1) is 5.92 Å². The van der Waals surface area contributed by atoms with Crippen molar-refractivity contribution < 1.29 is 4.79 Å². The van der Waals surface area contributed by atoms with Gasteiger partial charge in [-0.2, -0.15) is 0 Å². The lowest BCUT2D eigenvalue weighted by Gasteiger charge is -2.33. The van der Waals surface area contributed by atoms with Crippen molar-refractivity contribution in [3.05, 3.63) is 22.8 Å². The molecule has 0 aliphatic carbocycles. The van der Waals surface area contributed by atoms with E-state index in [0.29, 0.717) is 16.5 Å². The van der Waals surface area contributed by atoms with E-state index in [1.807, 2.05) is 11.9 Å². The number of likely N-dealkylation sites (tertiary alicyclic amines) is 2. The van der Waals surface area contributed by atoms with Crippen molar-refractivity contribution in [2.24, 2.45) is 5.92 Å². The number of aromatic nitrogens is 1. The third-order valence-corrected chi connectivity index (χ3v) is 5.61. The Bertz CT molecular complexity index is 603. The Hall–Kier alpha value is -1.33. The highest BCUT2D eigenvalue weighted by Gasteiger charge is 2.22. The minimum atomic E-state index is 0.0530. The van der Waals surface area contributed by atoms with Gasteiger partial charge in [0.2, 0.25) is 0 Å². The van der Waals surface area contributed by atoms with E-state index in [0.717, 1.165) is 44.8 Å². The number of piperidine rings is 2. The van der Waals surface area contributed by atoms with Gasteiger partial charge in [0.15, 0.2) is 0 Å². The molecule has 0 saturated carbocycles. The maximum atomic E-state index is 12.6. The van der Waals surface area contributed by atoms with E-state index in [2.05, 4.69) is 21.8 Å². The number of amides is 1.